The molecule has 0 unspecified atom stereocenters. The Morgan fingerprint density at radius 1 is 1.67 bits per heavy atom. The van der Waals surface area contributed by atoms with Crippen molar-refractivity contribution in [2.24, 2.45) is 0 Å². The minimum atomic E-state index is 0.542. The van der Waals surface area contributed by atoms with Gasteiger partial charge in [0.1, 0.15) is 5.15 Å². The van der Waals surface area contributed by atoms with E-state index >= 15 is 0 Å². The predicted octanol–water partition coefficient (Wildman–Crippen LogP) is 1.71. The van der Waals surface area contributed by atoms with E-state index in [1.54, 1.807) is 18.3 Å². The second-order valence-electron chi connectivity index (χ2n) is 2.42. The van der Waals surface area contributed by atoms with E-state index in [-0.39, 0.29) is 0 Å². The molecule has 0 bridgehead atoms. The minimum Gasteiger partial charge on any atom is -0.302 e. The first kappa shape index (κ1) is 8.16. The normalized spacial score (nSPS) is 16.9. The zero-order valence-corrected chi connectivity index (χ0v) is 7.90. The predicted molar refractivity (Wildman–Crippen MR) is 52.2 cm³/mol. The summed E-state index contributed by atoms with van der Waals surface area (Å²) in [6.07, 6.45) is 1.72. The summed E-state index contributed by atoms with van der Waals surface area (Å²) >= 11 is 7.36. The van der Waals surface area contributed by atoms with Crippen molar-refractivity contribution in [3.05, 3.63) is 23.5 Å². The molecule has 1 aliphatic rings. The molecule has 0 amide bonds. The molecule has 5 heteroatoms. The topological polar surface area (TPSA) is 28.2 Å². The zero-order valence-electron chi connectivity index (χ0n) is 6.33. The smallest absolute Gasteiger partial charge is 0.131 e. The second-order valence-corrected chi connectivity index (χ2v) is 3.72. The number of anilines is 1. The molecule has 0 aromatic carbocycles. The summed E-state index contributed by atoms with van der Waals surface area (Å²) in [6.45, 7) is 2.01. The Kier molecular flexibility index (Phi) is 2.39. The third-order valence-corrected chi connectivity index (χ3v) is 2.74. The quantitative estimate of drug-likeness (QED) is 0.553. The summed E-state index contributed by atoms with van der Waals surface area (Å²) in [4.78, 5) is 3.92. The molecule has 2 heterocycles. The Bertz CT molecular complexity index is 275. The van der Waals surface area contributed by atoms with Crippen LogP contribution in [0.1, 0.15) is 0 Å². The van der Waals surface area contributed by atoms with E-state index in [1.165, 1.54) is 0 Å². The maximum atomic E-state index is 5.76. The molecular formula is C7H8ClN3S. The maximum Gasteiger partial charge on any atom is 0.131 e. The van der Waals surface area contributed by atoms with Gasteiger partial charge in [0.15, 0.2) is 0 Å². The number of hydrogen-bond acceptors (Lipinski definition) is 4. The lowest BCUT2D eigenvalue weighted by molar-refractivity contribution is 0.978. The van der Waals surface area contributed by atoms with Crippen LogP contribution in [0, 0.1) is 0 Å². The molecule has 1 saturated heterocycles. The van der Waals surface area contributed by atoms with Crippen molar-refractivity contribution in [3.63, 3.8) is 0 Å². The van der Waals surface area contributed by atoms with Gasteiger partial charge in [-0.1, -0.05) is 11.6 Å². The van der Waals surface area contributed by atoms with Crippen molar-refractivity contribution < 1.29 is 0 Å². The monoisotopic (exact) mass is 201 g/mol. The highest BCUT2D eigenvalue weighted by molar-refractivity contribution is 7.99. The minimum absolute atomic E-state index is 0.542. The van der Waals surface area contributed by atoms with E-state index in [1.807, 2.05) is 12.1 Å². The molecule has 0 saturated carbocycles. The second kappa shape index (κ2) is 3.51. The number of hydrogen-bond donors (Lipinski definition) is 1. The average molecular weight is 202 g/mol. The van der Waals surface area contributed by atoms with Crippen LogP contribution in [0.25, 0.3) is 0 Å². The van der Waals surface area contributed by atoms with Crippen molar-refractivity contribution >= 4 is 29.4 Å². The molecule has 0 aliphatic carbocycles. The van der Waals surface area contributed by atoms with Crippen LogP contribution >= 0.6 is 23.7 Å². The summed E-state index contributed by atoms with van der Waals surface area (Å²) in [5.74, 6) is 0. The fourth-order valence-corrected chi connectivity index (χ4v) is 1.95. The van der Waals surface area contributed by atoms with Crippen molar-refractivity contribution in [1.29, 1.82) is 0 Å². The molecular weight excluding hydrogens is 194 g/mol. The summed E-state index contributed by atoms with van der Waals surface area (Å²) in [7, 11) is 0. The average Bonchev–Trinajstić information content (AvgIpc) is 2.56. The molecule has 64 valence electrons. The fourth-order valence-electron chi connectivity index (χ4n) is 1.05. The zero-order chi connectivity index (χ0) is 8.39. The van der Waals surface area contributed by atoms with E-state index < -0.39 is 0 Å². The van der Waals surface area contributed by atoms with Gasteiger partial charge in [0.2, 0.25) is 0 Å². The lowest BCUT2D eigenvalue weighted by Gasteiger charge is -2.13. The van der Waals surface area contributed by atoms with E-state index in [2.05, 4.69) is 14.0 Å². The largest absolute Gasteiger partial charge is 0.302 e. The molecule has 1 N–H and O–H groups in total. The Morgan fingerprint density at radius 2 is 2.58 bits per heavy atom. The Balaban J connectivity index is 2.21. The van der Waals surface area contributed by atoms with Crippen molar-refractivity contribution in [1.82, 2.24) is 9.71 Å². The van der Waals surface area contributed by atoms with Gasteiger partial charge in [-0.05, 0) is 12.1 Å². The number of pyridine rings is 1. The number of nitrogens with zero attached hydrogens (tertiary/aromatic N) is 2. The highest BCUT2D eigenvalue weighted by Crippen LogP contribution is 2.24. The maximum absolute atomic E-state index is 5.76. The summed E-state index contributed by atoms with van der Waals surface area (Å²) in [6, 6.07) is 3.81. The van der Waals surface area contributed by atoms with Gasteiger partial charge < -0.3 is 4.31 Å². The molecule has 0 radical (unpaired) electrons. The van der Waals surface area contributed by atoms with Crippen LogP contribution in [0.15, 0.2) is 18.3 Å². The van der Waals surface area contributed by atoms with E-state index in [0.717, 1.165) is 18.8 Å². The van der Waals surface area contributed by atoms with E-state index in [0.29, 0.717) is 5.15 Å². The van der Waals surface area contributed by atoms with Gasteiger partial charge in [-0.15, -0.1) is 0 Å². The molecule has 2 rings (SSSR count). The van der Waals surface area contributed by atoms with Gasteiger partial charge >= 0.3 is 0 Å². The third kappa shape index (κ3) is 1.65. The summed E-state index contributed by atoms with van der Waals surface area (Å²) in [5, 5.41) is 0.542. The first-order chi connectivity index (χ1) is 5.86. The number of rotatable bonds is 1. The van der Waals surface area contributed by atoms with Crippen LogP contribution in [0.5, 0.6) is 0 Å². The van der Waals surface area contributed by atoms with E-state index in [9.17, 15) is 0 Å². The molecule has 1 fully saturated rings. The standard InChI is InChI=1S/C7H8ClN3S/c8-7-5-6(1-2-9-7)11-4-3-10-12-11/h1-2,5,10H,3-4H2. The SMILES string of the molecule is Clc1cc(N2CCNS2)ccn1. The summed E-state index contributed by atoms with van der Waals surface area (Å²) < 4.78 is 5.32. The lowest BCUT2D eigenvalue weighted by Crippen LogP contribution is -2.10. The molecule has 0 atom stereocenters. The molecule has 12 heavy (non-hydrogen) atoms. The number of nitrogens with one attached hydrogen (secondary N) is 1. The van der Waals surface area contributed by atoms with Crippen molar-refractivity contribution in [2.75, 3.05) is 17.4 Å². The molecule has 1 aromatic rings. The van der Waals surface area contributed by atoms with Crippen LogP contribution in [-0.4, -0.2) is 18.1 Å². The Hall–Kier alpha value is -0.450. The van der Waals surface area contributed by atoms with Gasteiger partial charge in [-0.25, -0.2) is 9.71 Å². The number of aromatic nitrogens is 1. The first-order valence-corrected chi connectivity index (χ1v) is 4.80. The first-order valence-electron chi connectivity index (χ1n) is 3.65. The number of halogens is 1. The van der Waals surface area contributed by atoms with Crippen LogP contribution in [0.4, 0.5) is 5.69 Å². The highest BCUT2D eigenvalue weighted by atomic mass is 35.5. The van der Waals surface area contributed by atoms with Gasteiger partial charge in [0, 0.05) is 31.4 Å². The highest BCUT2D eigenvalue weighted by Gasteiger charge is 2.12. The van der Waals surface area contributed by atoms with Crippen molar-refractivity contribution in [2.45, 2.75) is 0 Å². The molecule has 3 nitrogen and oxygen atoms in total. The molecule has 0 spiro atoms. The van der Waals surface area contributed by atoms with Crippen LogP contribution in [0.2, 0.25) is 5.15 Å². The van der Waals surface area contributed by atoms with Crippen LogP contribution in [-0.2, 0) is 0 Å². The van der Waals surface area contributed by atoms with Gasteiger partial charge in [0.05, 0.1) is 5.69 Å². The van der Waals surface area contributed by atoms with Crippen LogP contribution < -0.4 is 9.03 Å². The Morgan fingerprint density at radius 3 is 3.25 bits per heavy atom. The van der Waals surface area contributed by atoms with E-state index in [4.69, 9.17) is 11.6 Å². The third-order valence-electron chi connectivity index (χ3n) is 1.59. The molecule has 1 aliphatic heterocycles. The van der Waals surface area contributed by atoms with Crippen molar-refractivity contribution in [3.8, 4) is 0 Å². The van der Waals surface area contributed by atoms with Crippen LogP contribution in [0.3, 0.4) is 0 Å². The lowest BCUT2D eigenvalue weighted by atomic mass is 10.4. The Labute approximate surface area is 80.4 Å². The van der Waals surface area contributed by atoms with Gasteiger partial charge in [0.25, 0.3) is 0 Å². The summed E-state index contributed by atoms with van der Waals surface area (Å²) in [5.41, 5.74) is 1.10. The van der Waals surface area contributed by atoms with Gasteiger partial charge in [-0.2, -0.15) is 0 Å². The fraction of sp³-hybridized carbons (Fsp3) is 0.286. The van der Waals surface area contributed by atoms with Gasteiger partial charge in [-0.3, -0.25) is 0 Å². The molecule has 1 aromatic heterocycles.